The first-order valence-corrected chi connectivity index (χ1v) is 5.10. The average Bonchev–Trinajstić information content (AvgIpc) is 2.29. The number of carbonyl (C=O) groups excluding carboxylic acids is 1. The average molecular weight is 234 g/mol. The predicted octanol–water partition coefficient (Wildman–Crippen LogP) is 2.03. The van der Waals surface area contributed by atoms with E-state index in [1.54, 1.807) is 0 Å². The van der Waals surface area contributed by atoms with Gasteiger partial charge in [0.2, 0.25) is 0 Å². The third-order valence-electron chi connectivity index (χ3n) is 2.21. The Balaban J connectivity index is 3.00. The number of benzene rings is 1. The molecule has 0 unspecified atom stereocenters. The second kappa shape index (κ2) is 5.84. The molecule has 0 spiro atoms. The Kier molecular flexibility index (Phi) is 4.46. The molecule has 17 heavy (non-hydrogen) atoms. The van der Waals surface area contributed by atoms with Crippen LogP contribution in [-0.4, -0.2) is 24.2 Å². The Morgan fingerprint density at radius 2 is 1.88 bits per heavy atom. The van der Waals surface area contributed by atoms with Crippen LogP contribution in [0.2, 0.25) is 0 Å². The van der Waals surface area contributed by atoms with Crippen molar-refractivity contribution in [2.75, 3.05) is 7.11 Å². The normalized spacial score (nSPS) is 11.1. The quantitative estimate of drug-likeness (QED) is 0.639. The van der Waals surface area contributed by atoms with Crippen molar-refractivity contribution in [3.8, 4) is 0 Å². The number of carbonyl (C=O) groups is 2. The number of carboxylic acid groups (broad SMARTS) is 1. The van der Waals surface area contributed by atoms with Crippen molar-refractivity contribution >= 4 is 18.0 Å². The third kappa shape index (κ3) is 4.10. The Bertz CT molecular complexity index is 443. The van der Waals surface area contributed by atoms with E-state index < -0.39 is 11.9 Å². The molecule has 1 rings (SSSR count). The Morgan fingerprint density at radius 3 is 2.35 bits per heavy atom. The van der Waals surface area contributed by atoms with Crippen LogP contribution in [0.4, 0.5) is 0 Å². The fourth-order valence-corrected chi connectivity index (χ4v) is 1.34. The van der Waals surface area contributed by atoms with Gasteiger partial charge in [0.1, 0.15) is 0 Å². The predicted molar refractivity (Wildman–Crippen MR) is 63.4 cm³/mol. The highest BCUT2D eigenvalue weighted by Gasteiger charge is 2.13. The van der Waals surface area contributed by atoms with E-state index in [9.17, 15) is 9.59 Å². The van der Waals surface area contributed by atoms with Crippen molar-refractivity contribution in [1.29, 1.82) is 0 Å². The van der Waals surface area contributed by atoms with Crippen molar-refractivity contribution in [3.05, 3.63) is 41.0 Å². The maximum absolute atomic E-state index is 11.4. The molecule has 1 aromatic rings. The van der Waals surface area contributed by atoms with Crippen LogP contribution in [0.5, 0.6) is 0 Å². The summed E-state index contributed by atoms with van der Waals surface area (Å²) in [5, 5.41) is 8.70. The van der Waals surface area contributed by atoms with Gasteiger partial charge in [-0.2, -0.15) is 0 Å². The molecule has 0 fully saturated rings. The van der Waals surface area contributed by atoms with Crippen molar-refractivity contribution in [3.63, 3.8) is 0 Å². The summed E-state index contributed by atoms with van der Waals surface area (Å²) in [4.78, 5) is 22.0. The Labute approximate surface area is 99.5 Å². The molecule has 0 aliphatic rings. The van der Waals surface area contributed by atoms with Crippen LogP contribution >= 0.6 is 0 Å². The number of carboxylic acids is 1. The smallest absolute Gasteiger partial charge is 0.334 e. The number of aryl methyl sites for hydroxylation is 1. The van der Waals surface area contributed by atoms with E-state index in [0.29, 0.717) is 0 Å². The van der Waals surface area contributed by atoms with Gasteiger partial charge in [-0.3, -0.25) is 4.79 Å². The molecular weight excluding hydrogens is 220 g/mol. The molecule has 1 N–H and O–H groups in total. The van der Waals surface area contributed by atoms with Gasteiger partial charge in [0.05, 0.1) is 13.5 Å². The minimum absolute atomic E-state index is 0.129. The maximum Gasteiger partial charge on any atom is 0.334 e. The van der Waals surface area contributed by atoms with Gasteiger partial charge in [0.15, 0.2) is 0 Å². The molecule has 1 aromatic carbocycles. The second-order valence-corrected chi connectivity index (χ2v) is 3.64. The Morgan fingerprint density at radius 1 is 1.29 bits per heavy atom. The van der Waals surface area contributed by atoms with Gasteiger partial charge in [-0.15, -0.1) is 0 Å². The van der Waals surface area contributed by atoms with Crippen LogP contribution in [0.3, 0.4) is 0 Å². The van der Waals surface area contributed by atoms with Crippen LogP contribution in [0, 0.1) is 6.92 Å². The zero-order valence-corrected chi connectivity index (χ0v) is 9.77. The summed E-state index contributed by atoms with van der Waals surface area (Å²) in [6, 6.07) is 7.42. The van der Waals surface area contributed by atoms with Crippen molar-refractivity contribution in [2.45, 2.75) is 13.3 Å². The fraction of sp³-hybridized carbons (Fsp3) is 0.231. The van der Waals surface area contributed by atoms with E-state index in [2.05, 4.69) is 4.74 Å². The number of hydrogen-bond acceptors (Lipinski definition) is 3. The lowest BCUT2D eigenvalue weighted by Gasteiger charge is -2.03. The molecule has 0 heterocycles. The first-order valence-electron chi connectivity index (χ1n) is 5.10. The summed E-state index contributed by atoms with van der Waals surface area (Å²) in [6.45, 7) is 1.95. The summed E-state index contributed by atoms with van der Waals surface area (Å²) in [6.07, 6.45) is 1.18. The van der Waals surface area contributed by atoms with E-state index in [-0.39, 0.29) is 12.0 Å². The van der Waals surface area contributed by atoms with Crippen molar-refractivity contribution < 1.29 is 19.4 Å². The number of esters is 1. The lowest BCUT2D eigenvalue weighted by atomic mass is 10.1. The van der Waals surface area contributed by atoms with Crippen molar-refractivity contribution in [2.24, 2.45) is 0 Å². The van der Waals surface area contributed by atoms with Gasteiger partial charge < -0.3 is 9.84 Å². The second-order valence-electron chi connectivity index (χ2n) is 3.64. The fourth-order valence-electron chi connectivity index (χ4n) is 1.34. The molecule has 0 aromatic heterocycles. The van der Waals surface area contributed by atoms with Gasteiger partial charge in [-0.1, -0.05) is 29.8 Å². The summed E-state index contributed by atoms with van der Waals surface area (Å²) in [7, 11) is 1.23. The lowest BCUT2D eigenvalue weighted by molar-refractivity contribution is -0.141. The molecule has 4 heteroatoms. The highest BCUT2D eigenvalue weighted by atomic mass is 16.5. The van der Waals surface area contributed by atoms with Gasteiger partial charge in [-0.25, -0.2) is 4.79 Å². The molecule has 0 saturated carbocycles. The maximum atomic E-state index is 11.4. The molecule has 4 nitrogen and oxygen atoms in total. The van der Waals surface area contributed by atoms with Gasteiger partial charge in [0, 0.05) is 5.57 Å². The number of rotatable bonds is 4. The van der Waals surface area contributed by atoms with Crippen LogP contribution in [0.1, 0.15) is 17.5 Å². The number of aliphatic carboxylic acids is 1. The van der Waals surface area contributed by atoms with E-state index in [0.717, 1.165) is 11.1 Å². The standard InChI is InChI=1S/C13H14O4/c1-9-3-5-10(6-4-9)7-11(8-12(14)15)13(16)17-2/h3-7H,8H2,1-2H3,(H,14,15)/b11-7-. The third-order valence-corrected chi connectivity index (χ3v) is 2.21. The van der Waals surface area contributed by atoms with Gasteiger partial charge in [0.25, 0.3) is 0 Å². The molecule has 90 valence electrons. The minimum Gasteiger partial charge on any atom is -0.481 e. The molecule has 0 aliphatic heterocycles. The zero-order chi connectivity index (χ0) is 12.8. The largest absolute Gasteiger partial charge is 0.481 e. The number of ether oxygens (including phenoxy) is 1. The Hall–Kier alpha value is -2.10. The summed E-state index contributed by atoms with van der Waals surface area (Å²) in [5.41, 5.74) is 2.00. The van der Waals surface area contributed by atoms with Crippen LogP contribution in [0.25, 0.3) is 6.08 Å². The summed E-state index contributed by atoms with van der Waals surface area (Å²) in [5.74, 6) is -1.68. The highest BCUT2D eigenvalue weighted by molar-refractivity contribution is 5.97. The molecular formula is C13H14O4. The first kappa shape index (κ1) is 13.0. The molecule has 0 atom stereocenters. The summed E-state index contributed by atoms with van der Waals surface area (Å²) < 4.78 is 4.54. The van der Waals surface area contributed by atoms with Gasteiger partial charge >= 0.3 is 11.9 Å². The van der Waals surface area contributed by atoms with E-state index in [1.807, 2.05) is 31.2 Å². The lowest BCUT2D eigenvalue weighted by Crippen LogP contribution is -2.09. The molecule has 0 saturated heterocycles. The highest BCUT2D eigenvalue weighted by Crippen LogP contribution is 2.12. The van der Waals surface area contributed by atoms with Gasteiger partial charge in [-0.05, 0) is 18.6 Å². The first-order chi connectivity index (χ1) is 8.02. The monoisotopic (exact) mass is 234 g/mol. The SMILES string of the molecule is COC(=O)/C(=C\c1ccc(C)cc1)CC(=O)O. The minimum atomic E-state index is -1.06. The van der Waals surface area contributed by atoms with Crippen LogP contribution in [0.15, 0.2) is 29.8 Å². The van der Waals surface area contributed by atoms with Crippen molar-refractivity contribution in [1.82, 2.24) is 0 Å². The molecule has 0 radical (unpaired) electrons. The van der Waals surface area contributed by atoms with Crippen LogP contribution < -0.4 is 0 Å². The zero-order valence-electron chi connectivity index (χ0n) is 9.77. The molecule has 0 aliphatic carbocycles. The van der Waals surface area contributed by atoms with E-state index in [1.165, 1.54) is 13.2 Å². The number of hydrogen-bond donors (Lipinski definition) is 1. The topological polar surface area (TPSA) is 63.6 Å². The molecule has 0 bridgehead atoms. The molecule has 0 amide bonds. The van der Waals surface area contributed by atoms with E-state index in [4.69, 9.17) is 5.11 Å². The summed E-state index contributed by atoms with van der Waals surface area (Å²) >= 11 is 0. The van der Waals surface area contributed by atoms with Crippen LogP contribution in [-0.2, 0) is 14.3 Å². The number of methoxy groups -OCH3 is 1. The van der Waals surface area contributed by atoms with E-state index >= 15 is 0 Å².